The molecule has 0 amide bonds. The van der Waals surface area contributed by atoms with E-state index in [0.29, 0.717) is 0 Å². The lowest BCUT2D eigenvalue weighted by Crippen LogP contribution is -1.68. The Morgan fingerprint density at radius 3 is 2.50 bits per heavy atom. The first-order valence-corrected chi connectivity index (χ1v) is 5.21. The molecule has 0 saturated heterocycles. The lowest BCUT2D eigenvalue weighted by Gasteiger charge is -1.64. The van der Waals surface area contributed by atoms with Gasteiger partial charge in [-0.05, 0) is 0 Å². The molecule has 26 valence electrons. The summed E-state index contributed by atoms with van der Waals surface area (Å²) >= 11 is 6.86. The molecule has 0 nitrogen and oxygen atoms in total. The van der Waals surface area contributed by atoms with Crippen molar-refractivity contribution in [3.8, 4) is 0 Å². The monoisotopic (exact) mass is 163 g/mol. The van der Waals surface area contributed by atoms with E-state index in [2.05, 4.69) is 26.4 Å². The van der Waals surface area contributed by atoms with E-state index in [1.54, 1.807) is 0 Å². The molecule has 0 bridgehead atoms. The molecule has 4 heavy (non-hydrogen) atoms. The van der Waals surface area contributed by atoms with E-state index in [1.807, 2.05) is 0 Å². The smallest absolute Gasteiger partial charge is 0.283 e. The van der Waals surface area contributed by atoms with Crippen LogP contribution in [-0.2, 0) is 0 Å². The third-order valence-corrected chi connectivity index (χ3v) is 0. The summed E-state index contributed by atoms with van der Waals surface area (Å²) < 4.78 is 17.3. The highest BCUT2D eigenvalue weighted by Crippen LogP contribution is 1.96. The summed E-state index contributed by atoms with van der Waals surface area (Å²) in [5.74, 6) is 0. The normalized spacial score (nSPS) is 27.2. The zero-order valence-corrected chi connectivity index (χ0v) is 4.98. The van der Waals surface area contributed by atoms with Gasteiger partial charge < -0.3 is 0 Å². The Balaban J connectivity index is 3.02. The largest absolute Gasteiger partial charge is 0.393 e. The van der Waals surface area contributed by atoms with Crippen molar-refractivity contribution < 1.29 is 4.11 Å². The summed E-state index contributed by atoms with van der Waals surface area (Å²) in [5.41, 5.74) is 0. The predicted molar refractivity (Wildman–Crippen MR) is 23.0 cm³/mol. The van der Waals surface area contributed by atoms with Crippen LogP contribution in [0, 0.1) is 0 Å². The quantitative estimate of drug-likeness (QED) is 0.373. The molecule has 0 aromatic carbocycles. The third-order valence-electron chi connectivity index (χ3n) is 0. The number of halogens is 3. The lowest BCUT2D eigenvalue weighted by atomic mass is 18.9. The Bertz CT molecular complexity index is 27.1. The molecule has 0 aliphatic carbocycles. The molecule has 0 aromatic heterocycles. The average Bonchev–Trinajstić information content (AvgIpc) is 0.722. The van der Waals surface area contributed by atoms with Crippen molar-refractivity contribution in [3.63, 3.8) is 0 Å². The minimum absolute atomic E-state index is 2.28. The van der Waals surface area contributed by atoms with Crippen molar-refractivity contribution in [1.29, 1.82) is 1.23 Å². The van der Waals surface area contributed by atoms with Crippen molar-refractivity contribution in [2.45, 2.75) is 0 Å². The van der Waals surface area contributed by atoms with Gasteiger partial charge in [-0.3, -0.25) is 4.11 Å². The number of hydrogen-bond acceptors (Lipinski definition) is 0. The maximum absolute atomic E-state index is 11.2. The molecule has 0 rings (SSSR count). The van der Waals surface area contributed by atoms with Gasteiger partial charge in [0.05, 0.1) is 1.23 Å². The SMILES string of the molecule is [2H][28Si]([19F])([35Cl])[79Br]. The van der Waals surface area contributed by atoms with Gasteiger partial charge in [0.25, 0.3) is 0 Å². The predicted octanol–water partition coefficient (Wildman–Crippen LogP) is 1.31. The van der Waals surface area contributed by atoms with Crippen LogP contribution in [0.5, 0.6) is 0 Å². The minimum atomic E-state index is -3.58. The van der Waals surface area contributed by atoms with Gasteiger partial charge in [0.2, 0.25) is 0 Å². The third kappa shape index (κ3) is 12.7. The first kappa shape index (κ1) is 3.12. The zero-order chi connectivity index (χ0) is 4.50. The van der Waals surface area contributed by atoms with E-state index in [1.165, 1.54) is 0 Å². The Morgan fingerprint density at radius 1 is 2.50 bits per heavy atom. The van der Waals surface area contributed by atoms with E-state index in [4.69, 9.17) is 1.23 Å². The van der Waals surface area contributed by atoms with Crippen molar-refractivity contribution in [1.82, 2.24) is 0 Å². The summed E-state index contributed by atoms with van der Waals surface area (Å²) in [7, 11) is 0. The maximum Gasteiger partial charge on any atom is 0.393 e. The molecule has 1 unspecified atom stereocenters. The molecule has 0 aliphatic heterocycles. The van der Waals surface area contributed by atoms with E-state index in [0.717, 1.165) is 0 Å². The van der Waals surface area contributed by atoms with Crippen LogP contribution in [0.15, 0.2) is 0 Å². The van der Waals surface area contributed by atoms with Gasteiger partial charge in [-0.2, -0.15) is 0 Å². The van der Waals surface area contributed by atoms with E-state index >= 15 is 0 Å². The molecule has 0 N–H and O–H groups in total. The molecule has 1 atom stereocenters. The Kier molecular flexibility index (Phi) is 1.69. The number of rotatable bonds is 0. The summed E-state index contributed by atoms with van der Waals surface area (Å²) in [6, 6.07) is 0. The second kappa shape index (κ2) is 2.17. The summed E-state index contributed by atoms with van der Waals surface area (Å²) in [4.78, 5) is 0. The molecule has 0 aliphatic rings. The molecule has 0 fully saturated rings. The van der Waals surface area contributed by atoms with E-state index in [9.17, 15) is 4.11 Å². The van der Waals surface area contributed by atoms with Gasteiger partial charge in [0.1, 0.15) is 0 Å². The van der Waals surface area contributed by atoms with Crippen LogP contribution in [0.1, 0.15) is 0 Å². The fraction of sp³-hybridized carbons (Fsp3) is 0. The van der Waals surface area contributed by atoms with E-state index in [-0.39, 0.29) is 0 Å². The molecule has 0 saturated carbocycles. The van der Waals surface area contributed by atoms with Crippen molar-refractivity contribution in [3.05, 3.63) is 0 Å². The lowest BCUT2D eigenvalue weighted by molar-refractivity contribution is 0.888. The van der Waals surface area contributed by atoms with Crippen molar-refractivity contribution in [2.24, 2.45) is 0 Å². The minimum Gasteiger partial charge on any atom is -0.283 e. The summed E-state index contributed by atoms with van der Waals surface area (Å²) in [6.07, 6.45) is 0. The molecule has 0 heterocycles. The molecule has 0 radical (unpaired) electrons. The van der Waals surface area contributed by atoms with Crippen LogP contribution < -0.4 is 0 Å². The van der Waals surface area contributed by atoms with Gasteiger partial charge in [-0.15, -0.1) is 11.1 Å². The van der Waals surface area contributed by atoms with Gasteiger partial charge in [0.15, 0.2) is 0 Å². The van der Waals surface area contributed by atoms with Gasteiger partial charge >= 0.3 is 6.99 Å². The highest BCUT2D eigenvalue weighted by molar-refractivity contribution is 9.25. The fourth-order valence-corrected chi connectivity index (χ4v) is 0. The topological polar surface area (TPSA) is 0 Å². The van der Waals surface area contributed by atoms with Crippen LogP contribution in [0.2, 0.25) is 0 Å². The van der Waals surface area contributed by atoms with Gasteiger partial charge in [-0.25, -0.2) is 0 Å². The number of hydrogen-bond donors (Lipinski definition) is 0. The molecule has 0 aromatic rings. The molecular formula is HBrClFSi. The van der Waals surface area contributed by atoms with Crippen molar-refractivity contribution in [2.75, 3.05) is 0 Å². The molecular weight excluding hydrogens is 161 g/mol. The highest BCUT2D eigenvalue weighted by atomic mass is 78.9. The molecule has 4 heteroatoms. The zero-order valence-electron chi connectivity index (χ0n) is 2.63. The Labute approximate surface area is 39.2 Å². The second-order valence-corrected chi connectivity index (χ2v) is 5.10. The average molecular weight is 163 g/mol. The Morgan fingerprint density at radius 2 is 2.50 bits per heavy atom. The van der Waals surface area contributed by atoms with Gasteiger partial charge in [-0.1, -0.05) is 15.3 Å². The first-order valence-electron chi connectivity index (χ1n) is 1.07. The highest BCUT2D eigenvalue weighted by Gasteiger charge is 1.87. The summed E-state index contributed by atoms with van der Waals surface area (Å²) in [6.45, 7) is -3.58. The van der Waals surface area contributed by atoms with Crippen LogP contribution in [0.4, 0.5) is 4.11 Å². The van der Waals surface area contributed by atoms with Crippen LogP contribution in [-0.4, -0.2) is 8.23 Å². The fourth-order valence-electron chi connectivity index (χ4n) is 0. The summed E-state index contributed by atoms with van der Waals surface area (Å²) in [5, 5.41) is 0. The van der Waals surface area contributed by atoms with Gasteiger partial charge in [0, 0.05) is 0 Å². The van der Waals surface area contributed by atoms with Crippen molar-refractivity contribution >= 4 is 33.4 Å². The first-order chi connectivity index (χ1) is 2.00. The van der Waals surface area contributed by atoms with Crippen LogP contribution in [0.3, 0.4) is 0 Å². The van der Waals surface area contributed by atoms with Crippen LogP contribution in [0.25, 0.3) is 0 Å². The Hall–Kier alpha value is 0.917. The maximum atomic E-state index is 11.2. The standard InChI is InChI=1S/BrClFHSi/c1-4(2)3/h4H/i1-1,2+0,3+0,4+0D. The molecule has 0 spiro atoms. The van der Waals surface area contributed by atoms with E-state index < -0.39 is 6.99 Å². The van der Waals surface area contributed by atoms with Crippen LogP contribution >= 0.6 is 26.4 Å². The second-order valence-electron chi connectivity index (χ2n) is 0.214.